The van der Waals surface area contributed by atoms with Crippen LogP contribution in [0.4, 0.5) is 0 Å². The minimum atomic E-state index is -0.322. The van der Waals surface area contributed by atoms with Crippen molar-refractivity contribution < 1.29 is 5.11 Å². The summed E-state index contributed by atoms with van der Waals surface area (Å²) in [5.74, 6) is 0.429. The predicted octanol–water partition coefficient (Wildman–Crippen LogP) is 2.81. The average molecular weight is 215 g/mol. The van der Waals surface area contributed by atoms with Gasteiger partial charge in [0.2, 0.25) is 0 Å². The molecule has 0 fully saturated rings. The fraction of sp³-hybridized carbons (Fsp3) is 1.00. The minimum absolute atomic E-state index is 0.0428. The van der Waals surface area contributed by atoms with Crippen LogP contribution >= 0.6 is 0 Å². The summed E-state index contributed by atoms with van der Waals surface area (Å²) < 4.78 is 0. The molecule has 0 heterocycles. The lowest BCUT2D eigenvalue weighted by Gasteiger charge is -2.39. The van der Waals surface area contributed by atoms with Crippen LogP contribution in [0.3, 0.4) is 0 Å². The van der Waals surface area contributed by atoms with Gasteiger partial charge in [0.1, 0.15) is 0 Å². The third-order valence-corrected chi connectivity index (χ3v) is 2.55. The van der Waals surface area contributed by atoms with Crippen molar-refractivity contribution in [2.24, 2.45) is 11.3 Å². The molecule has 92 valence electrons. The summed E-state index contributed by atoms with van der Waals surface area (Å²) in [5.41, 5.74) is -0.0334. The molecule has 0 rings (SSSR count). The first-order valence-corrected chi connectivity index (χ1v) is 5.91. The molecule has 2 N–H and O–H groups in total. The van der Waals surface area contributed by atoms with E-state index in [1.165, 1.54) is 0 Å². The van der Waals surface area contributed by atoms with Crippen LogP contribution < -0.4 is 5.32 Å². The summed E-state index contributed by atoms with van der Waals surface area (Å²) in [6.45, 7) is 17.0. The molecule has 2 heteroatoms. The second-order valence-electron chi connectivity index (χ2n) is 6.98. The molecule has 0 aromatic carbocycles. The van der Waals surface area contributed by atoms with Gasteiger partial charge in [-0.15, -0.1) is 0 Å². The van der Waals surface area contributed by atoms with E-state index in [1.807, 2.05) is 0 Å². The van der Waals surface area contributed by atoms with Crippen molar-refractivity contribution in [2.75, 3.05) is 0 Å². The second kappa shape index (κ2) is 4.84. The average Bonchev–Trinajstić information content (AvgIpc) is 1.94. The predicted molar refractivity (Wildman–Crippen MR) is 67.0 cm³/mol. The lowest BCUT2D eigenvalue weighted by Crippen LogP contribution is -2.55. The Morgan fingerprint density at radius 3 is 1.53 bits per heavy atom. The molecule has 2 unspecified atom stereocenters. The first-order valence-electron chi connectivity index (χ1n) is 5.91. The lowest BCUT2D eigenvalue weighted by atomic mass is 9.80. The largest absolute Gasteiger partial charge is 0.391 e. The van der Waals surface area contributed by atoms with Crippen LogP contribution in [0.25, 0.3) is 0 Å². The van der Waals surface area contributed by atoms with E-state index in [2.05, 4.69) is 60.7 Å². The first kappa shape index (κ1) is 14.9. The Bertz CT molecular complexity index is 186. The topological polar surface area (TPSA) is 32.3 Å². The summed E-state index contributed by atoms with van der Waals surface area (Å²) >= 11 is 0. The van der Waals surface area contributed by atoms with Gasteiger partial charge in [-0.25, -0.2) is 0 Å². The van der Waals surface area contributed by atoms with Crippen molar-refractivity contribution in [1.82, 2.24) is 5.32 Å². The molecule has 2 nitrogen and oxygen atoms in total. The van der Waals surface area contributed by atoms with Gasteiger partial charge < -0.3 is 10.4 Å². The fourth-order valence-electron chi connectivity index (χ4n) is 1.65. The highest BCUT2D eigenvalue weighted by atomic mass is 16.3. The van der Waals surface area contributed by atoms with E-state index in [9.17, 15) is 5.11 Å². The van der Waals surface area contributed by atoms with Gasteiger partial charge in [0.15, 0.2) is 0 Å². The monoisotopic (exact) mass is 215 g/mol. The molecular formula is C13H29NO. The standard InChI is InChI=1S/C13H29NO/c1-9(2)10(14-13(6,7)8)11(15)12(3,4)5/h9-11,14-15H,1-8H3. The first-order chi connectivity index (χ1) is 6.45. The van der Waals surface area contributed by atoms with E-state index in [0.29, 0.717) is 5.92 Å². The van der Waals surface area contributed by atoms with Crippen molar-refractivity contribution >= 4 is 0 Å². The number of hydrogen-bond acceptors (Lipinski definition) is 2. The Morgan fingerprint density at radius 2 is 1.33 bits per heavy atom. The summed E-state index contributed by atoms with van der Waals surface area (Å²) in [5, 5.41) is 13.8. The maximum absolute atomic E-state index is 10.3. The molecule has 0 amide bonds. The molecule has 0 spiro atoms. The van der Waals surface area contributed by atoms with Crippen LogP contribution in [-0.4, -0.2) is 22.8 Å². The van der Waals surface area contributed by atoms with Gasteiger partial charge in [0.25, 0.3) is 0 Å². The normalized spacial score (nSPS) is 18.0. The number of aliphatic hydroxyl groups excluding tert-OH is 1. The van der Waals surface area contributed by atoms with E-state index in [4.69, 9.17) is 0 Å². The molecule has 0 aromatic rings. The SMILES string of the molecule is CC(C)C(NC(C)(C)C)C(O)C(C)(C)C. The zero-order chi connectivity index (χ0) is 12.4. The Labute approximate surface area is 95.5 Å². The molecule has 0 aromatic heterocycles. The molecule has 0 aliphatic carbocycles. The molecular weight excluding hydrogens is 186 g/mol. The summed E-state index contributed by atoms with van der Waals surface area (Å²) in [7, 11) is 0. The summed E-state index contributed by atoms with van der Waals surface area (Å²) in [6.07, 6.45) is -0.322. The summed E-state index contributed by atoms with van der Waals surface area (Å²) in [6, 6.07) is 0.144. The van der Waals surface area contributed by atoms with Crippen LogP contribution in [0.2, 0.25) is 0 Å². The van der Waals surface area contributed by atoms with Crippen LogP contribution in [0.15, 0.2) is 0 Å². The maximum atomic E-state index is 10.3. The number of hydrogen-bond donors (Lipinski definition) is 2. The fourth-order valence-corrected chi connectivity index (χ4v) is 1.65. The molecule has 0 aliphatic heterocycles. The highest BCUT2D eigenvalue weighted by Gasteiger charge is 2.34. The van der Waals surface area contributed by atoms with Gasteiger partial charge >= 0.3 is 0 Å². The number of aliphatic hydroxyl groups is 1. The molecule has 0 bridgehead atoms. The Balaban J connectivity index is 4.69. The van der Waals surface area contributed by atoms with Crippen LogP contribution in [0.1, 0.15) is 55.4 Å². The van der Waals surface area contributed by atoms with Crippen molar-refractivity contribution in [2.45, 2.75) is 73.1 Å². The van der Waals surface area contributed by atoms with E-state index in [0.717, 1.165) is 0 Å². The molecule has 0 aliphatic rings. The third kappa shape index (κ3) is 5.53. The van der Waals surface area contributed by atoms with E-state index >= 15 is 0 Å². The molecule has 0 saturated carbocycles. The third-order valence-electron chi connectivity index (χ3n) is 2.55. The van der Waals surface area contributed by atoms with Crippen molar-refractivity contribution in [3.05, 3.63) is 0 Å². The highest BCUT2D eigenvalue weighted by molar-refractivity contribution is 4.90. The Hall–Kier alpha value is -0.0800. The quantitative estimate of drug-likeness (QED) is 0.759. The number of rotatable bonds is 3. The Kier molecular flexibility index (Phi) is 4.81. The highest BCUT2D eigenvalue weighted by Crippen LogP contribution is 2.26. The van der Waals surface area contributed by atoms with Gasteiger partial charge in [0.05, 0.1) is 6.10 Å². The maximum Gasteiger partial charge on any atom is 0.0743 e. The smallest absolute Gasteiger partial charge is 0.0743 e. The zero-order valence-electron chi connectivity index (χ0n) is 11.7. The van der Waals surface area contributed by atoms with Crippen LogP contribution in [0, 0.1) is 11.3 Å². The molecule has 15 heavy (non-hydrogen) atoms. The minimum Gasteiger partial charge on any atom is -0.391 e. The molecule has 0 radical (unpaired) electrons. The zero-order valence-corrected chi connectivity index (χ0v) is 11.7. The van der Waals surface area contributed by atoms with Crippen molar-refractivity contribution in [3.63, 3.8) is 0 Å². The second-order valence-corrected chi connectivity index (χ2v) is 6.98. The lowest BCUT2D eigenvalue weighted by molar-refractivity contribution is 0.00604. The van der Waals surface area contributed by atoms with E-state index in [-0.39, 0.29) is 23.1 Å². The van der Waals surface area contributed by atoms with Gasteiger partial charge in [-0.2, -0.15) is 0 Å². The van der Waals surface area contributed by atoms with Gasteiger partial charge in [-0.1, -0.05) is 34.6 Å². The van der Waals surface area contributed by atoms with Gasteiger partial charge in [-0.05, 0) is 32.1 Å². The van der Waals surface area contributed by atoms with Gasteiger partial charge in [0, 0.05) is 11.6 Å². The van der Waals surface area contributed by atoms with Gasteiger partial charge in [-0.3, -0.25) is 0 Å². The van der Waals surface area contributed by atoms with Crippen molar-refractivity contribution in [3.8, 4) is 0 Å². The molecule has 0 saturated heterocycles. The van der Waals surface area contributed by atoms with Crippen LogP contribution in [-0.2, 0) is 0 Å². The van der Waals surface area contributed by atoms with E-state index in [1.54, 1.807) is 0 Å². The number of nitrogens with one attached hydrogen (secondary N) is 1. The van der Waals surface area contributed by atoms with Crippen LogP contribution in [0.5, 0.6) is 0 Å². The summed E-state index contributed by atoms with van der Waals surface area (Å²) in [4.78, 5) is 0. The van der Waals surface area contributed by atoms with Crippen molar-refractivity contribution in [1.29, 1.82) is 0 Å². The molecule has 2 atom stereocenters. The Morgan fingerprint density at radius 1 is 0.933 bits per heavy atom. The van der Waals surface area contributed by atoms with E-state index < -0.39 is 0 Å².